The molecule has 0 saturated heterocycles. The quantitative estimate of drug-likeness (QED) is 0.301. The minimum Gasteiger partial charge on any atom is -0.352 e. The molecule has 172 valence electrons. The number of imide groups is 1. The average molecular weight is 454 g/mol. The molecule has 34 heavy (non-hydrogen) atoms. The van der Waals surface area contributed by atoms with Gasteiger partial charge < -0.3 is 9.88 Å². The second-order valence-corrected chi connectivity index (χ2v) is 8.62. The van der Waals surface area contributed by atoms with Crippen LogP contribution in [0.2, 0.25) is 0 Å². The van der Waals surface area contributed by atoms with Gasteiger partial charge in [0.15, 0.2) is 0 Å². The Labute approximate surface area is 198 Å². The highest BCUT2D eigenvalue weighted by Crippen LogP contribution is 2.29. The number of nitrogens with one attached hydrogen (secondary N) is 1. The zero-order valence-electron chi connectivity index (χ0n) is 19.2. The highest BCUT2D eigenvalue weighted by molar-refractivity contribution is 6.21. The summed E-state index contributed by atoms with van der Waals surface area (Å²) in [6.45, 7) is 3.95. The van der Waals surface area contributed by atoms with Crippen molar-refractivity contribution in [3.05, 3.63) is 83.4 Å². The van der Waals surface area contributed by atoms with E-state index in [9.17, 15) is 14.4 Å². The lowest BCUT2D eigenvalue weighted by molar-refractivity contribution is 0.0651. The molecule has 0 radical (unpaired) electrons. The molecule has 6 nitrogen and oxygen atoms in total. The molecule has 0 unspecified atom stereocenters. The second-order valence-electron chi connectivity index (χ2n) is 8.62. The summed E-state index contributed by atoms with van der Waals surface area (Å²) < 4.78 is 2.26. The van der Waals surface area contributed by atoms with E-state index >= 15 is 0 Å². The molecular formula is C28H27N3O3. The lowest BCUT2D eigenvalue weighted by Gasteiger charge is -2.13. The molecule has 0 atom stereocenters. The van der Waals surface area contributed by atoms with Crippen LogP contribution in [0, 0.1) is 0 Å². The van der Waals surface area contributed by atoms with Gasteiger partial charge in [-0.2, -0.15) is 0 Å². The van der Waals surface area contributed by atoms with E-state index in [4.69, 9.17) is 0 Å². The Hall–Kier alpha value is -3.93. The molecule has 1 aromatic heterocycles. The van der Waals surface area contributed by atoms with Crippen LogP contribution in [0.3, 0.4) is 0 Å². The Bertz CT molecular complexity index is 1380. The van der Waals surface area contributed by atoms with Gasteiger partial charge in [0.1, 0.15) is 0 Å². The van der Waals surface area contributed by atoms with E-state index in [0.717, 1.165) is 35.7 Å². The van der Waals surface area contributed by atoms with Crippen molar-refractivity contribution in [2.24, 2.45) is 0 Å². The predicted molar refractivity (Wildman–Crippen MR) is 133 cm³/mol. The number of carbonyl (C=O) groups is 3. The number of nitrogens with zero attached hydrogens (tertiary/aromatic N) is 2. The molecule has 0 spiro atoms. The number of fused-ring (bicyclic) bond motifs is 4. The monoisotopic (exact) mass is 453 g/mol. The molecule has 0 bridgehead atoms. The van der Waals surface area contributed by atoms with Crippen LogP contribution in [0.4, 0.5) is 0 Å². The van der Waals surface area contributed by atoms with Crippen molar-refractivity contribution in [1.82, 2.24) is 14.8 Å². The smallest absolute Gasteiger partial charge is 0.261 e. The summed E-state index contributed by atoms with van der Waals surface area (Å²) in [5.41, 5.74) is 3.93. The summed E-state index contributed by atoms with van der Waals surface area (Å²) >= 11 is 0. The molecule has 5 rings (SSSR count). The number of aromatic nitrogens is 1. The normalized spacial score (nSPS) is 13.1. The summed E-state index contributed by atoms with van der Waals surface area (Å²) in [7, 11) is 0. The minimum absolute atomic E-state index is 0.0874. The standard InChI is InChI=1S/C28H27N3O3/c1-2-30-24-13-7-6-10-20(24)23-18-19(14-15-25(23)30)26(32)29-16-8-3-9-17-31-27(33)21-11-4-5-12-22(21)28(31)34/h4-7,10-15,18H,2-3,8-9,16-17H2,1H3,(H,29,32). The van der Waals surface area contributed by atoms with Crippen LogP contribution in [0.15, 0.2) is 66.7 Å². The maximum Gasteiger partial charge on any atom is 0.261 e. The second kappa shape index (κ2) is 9.14. The summed E-state index contributed by atoms with van der Waals surface area (Å²) in [4.78, 5) is 38.9. The number of unbranched alkanes of at least 4 members (excludes halogenated alkanes) is 2. The van der Waals surface area contributed by atoms with E-state index in [1.54, 1.807) is 24.3 Å². The van der Waals surface area contributed by atoms with E-state index in [-0.39, 0.29) is 17.7 Å². The Morgan fingerprint density at radius 2 is 1.47 bits per heavy atom. The van der Waals surface area contributed by atoms with E-state index in [1.807, 2.05) is 30.3 Å². The van der Waals surface area contributed by atoms with Gasteiger partial charge >= 0.3 is 0 Å². The average Bonchev–Trinajstić information content (AvgIpc) is 3.32. The molecule has 0 saturated carbocycles. The van der Waals surface area contributed by atoms with Crippen molar-refractivity contribution >= 4 is 39.5 Å². The molecule has 1 aliphatic heterocycles. The number of carbonyl (C=O) groups excluding carboxylic acids is 3. The van der Waals surface area contributed by atoms with E-state index in [0.29, 0.717) is 36.2 Å². The Morgan fingerprint density at radius 3 is 2.21 bits per heavy atom. The van der Waals surface area contributed by atoms with Gasteiger partial charge in [0, 0.05) is 47.0 Å². The summed E-state index contributed by atoms with van der Waals surface area (Å²) in [6, 6.07) is 21.1. The van der Waals surface area contributed by atoms with E-state index in [2.05, 4.69) is 28.9 Å². The maximum atomic E-state index is 12.7. The number of para-hydroxylation sites is 1. The first-order valence-electron chi connectivity index (χ1n) is 11.8. The molecule has 1 aliphatic rings. The first kappa shape index (κ1) is 21.9. The molecule has 3 amide bonds. The third-order valence-electron chi connectivity index (χ3n) is 6.57. The fourth-order valence-corrected chi connectivity index (χ4v) is 4.85. The molecule has 1 N–H and O–H groups in total. The molecule has 6 heteroatoms. The van der Waals surface area contributed by atoms with Crippen LogP contribution >= 0.6 is 0 Å². The van der Waals surface area contributed by atoms with Gasteiger partial charge in [0.2, 0.25) is 0 Å². The highest BCUT2D eigenvalue weighted by Gasteiger charge is 2.34. The van der Waals surface area contributed by atoms with E-state index in [1.165, 1.54) is 10.4 Å². The topological polar surface area (TPSA) is 71.4 Å². The highest BCUT2D eigenvalue weighted by atomic mass is 16.2. The van der Waals surface area contributed by atoms with Crippen molar-refractivity contribution in [3.63, 3.8) is 0 Å². The largest absolute Gasteiger partial charge is 0.352 e. The Kier molecular flexibility index (Phi) is 5.88. The summed E-state index contributed by atoms with van der Waals surface area (Å²) in [5, 5.41) is 5.24. The van der Waals surface area contributed by atoms with Crippen molar-refractivity contribution in [2.75, 3.05) is 13.1 Å². The summed E-state index contributed by atoms with van der Waals surface area (Å²) in [6.07, 6.45) is 2.31. The molecule has 4 aromatic rings. The fourth-order valence-electron chi connectivity index (χ4n) is 4.85. The number of benzene rings is 3. The molecule has 2 heterocycles. The third-order valence-corrected chi connectivity index (χ3v) is 6.57. The van der Waals surface area contributed by atoms with Crippen molar-refractivity contribution in [2.45, 2.75) is 32.7 Å². The van der Waals surface area contributed by atoms with Crippen LogP contribution < -0.4 is 5.32 Å². The lowest BCUT2D eigenvalue weighted by Crippen LogP contribution is -2.31. The van der Waals surface area contributed by atoms with Gasteiger partial charge in [0.05, 0.1) is 11.1 Å². The van der Waals surface area contributed by atoms with Gasteiger partial charge in [-0.1, -0.05) is 30.3 Å². The van der Waals surface area contributed by atoms with Gasteiger partial charge in [0.25, 0.3) is 17.7 Å². The van der Waals surface area contributed by atoms with Crippen LogP contribution in [-0.2, 0) is 6.54 Å². The first-order valence-corrected chi connectivity index (χ1v) is 11.8. The number of rotatable bonds is 8. The molecular weight excluding hydrogens is 426 g/mol. The molecule has 3 aromatic carbocycles. The minimum atomic E-state index is -0.214. The molecule has 0 fully saturated rings. The Balaban J connectivity index is 1.14. The fraction of sp³-hybridized carbons (Fsp3) is 0.250. The van der Waals surface area contributed by atoms with Crippen LogP contribution in [-0.4, -0.2) is 40.3 Å². The third kappa shape index (κ3) is 3.75. The zero-order chi connectivity index (χ0) is 23.7. The van der Waals surface area contributed by atoms with Crippen molar-refractivity contribution in [3.8, 4) is 0 Å². The van der Waals surface area contributed by atoms with Gasteiger partial charge in [-0.3, -0.25) is 19.3 Å². The number of aryl methyl sites for hydroxylation is 1. The van der Waals surface area contributed by atoms with Gasteiger partial charge in [-0.15, -0.1) is 0 Å². The number of hydrogen-bond acceptors (Lipinski definition) is 3. The zero-order valence-corrected chi connectivity index (χ0v) is 19.2. The van der Waals surface area contributed by atoms with Crippen LogP contribution in [0.5, 0.6) is 0 Å². The van der Waals surface area contributed by atoms with Crippen molar-refractivity contribution < 1.29 is 14.4 Å². The first-order chi connectivity index (χ1) is 16.6. The summed E-state index contributed by atoms with van der Waals surface area (Å²) in [5.74, 6) is -0.516. The number of hydrogen-bond donors (Lipinski definition) is 1. The van der Waals surface area contributed by atoms with Crippen LogP contribution in [0.1, 0.15) is 57.3 Å². The van der Waals surface area contributed by atoms with E-state index < -0.39 is 0 Å². The molecule has 0 aliphatic carbocycles. The van der Waals surface area contributed by atoms with Gasteiger partial charge in [-0.05, 0) is 62.6 Å². The SMILES string of the molecule is CCn1c2ccccc2c2cc(C(=O)NCCCCCN3C(=O)c4ccccc4C3=O)ccc21. The number of amides is 3. The Morgan fingerprint density at radius 1 is 0.794 bits per heavy atom. The van der Waals surface area contributed by atoms with Crippen molar-refractivity contribution in [1.29, 1.82) is 0 Å². The van der Waals surface area contributed by atoms with Crippen LogP contribution in [0.25, 0.3) is 21.8 Å². The predicted octanol–water partition coefficient (Wildman–Crippen LogP) is 5.01. The lowest BCUT2D eigenvalue weighted by atomic mass is 10.1. The van der Waals surface area contributed by atoms with Gasteiger partial charge in [-0.25, -0.2) is 0 Å². The maximum absolute atomic E-state index is 12.7.